The molecule has 11 heteroatoms. The normalized spacial score (nSPS) is 10.0. The zero-order valence-corrected chi connectivity index (χ0v) is 17.0. The number of benzene rings is 2. The van der Waals surface area contributed by atoms with Gasteiger partial charge in [-0.25, -0.2) is 0 Å². The van der Waals surface area contributed by atoms with Gasteiger partial charge in [-0.1, -0.05) is 0 Å². The molecule has 2 aromatic carbocycles. The predicted molar refractivity (Wildman–Crippen MR) is 110 cm³/mol. The molecule has 0 saturated heterocycles. The summed E-state index contributed by atoms with van der Waals surface area (Å²) in [5.41, 5.74) is 4.89. The Morgan fingerprint density at radius 3 is 2.26 bits per heavy atom. The van der Waals surface area contributed by atoms with E-state index in [1.165, 1.54) is 43.5 Å². The van der Waals surface area contributed by atoms with Crippen molar-refractivity contribution < 1.29 is 28.8 Å². The lowest BCUT2D eigenvalue weighted by molar-refractivity contribution is -0.384. The van der Waals surface area contributed by atoms with Crippen LogP contribution in [-0.2, 0) is 4.79 Å². The van der Waals surface area contributed by atoms with Crippen molar-refractivity contribution in [2.24, 2.45) is 0 Å². The summed E-state index contributed by atoms with van der Waals surface area (Å²) in [6.45, 7) is 2.27. The van der Waals surface area contributed by atoms with E-state index in [4.69, 9.17) is 9.47 Å². The molecule has 0 aliphatic heterocycles. The molecule has 0 atom stereocenters. The molecule has 0 spiro atoms. The van der Waals surface area contributed by atoms with E-state index in [-0.39, 0.29) is 29.8 Å². The van der Waals surface area contributed by atoms with Gasteiger partial charge in [0.05, 0.1) is 18.6 Å². The number of nitro groups is 1. The lowest BCUT2D eigenvalue weighted by Gasteiger charge is -2.12. The molecule has 0 bridgehead atoms. The van der Waals surface area contributed by atoms with Crippen LogP contribution in [0.2, 0.25) is 0 Å². The third-order valence-corrected chi connectivity index (χ3v) is 4.02. The lowest BCUT2D eigenvalue weighted by Crippen LogP contribution is -2.42. The van der Waals surface area contributed by atoms with Crippen LogP contribution in [-0.4, -0.2) is 42.9 Å². The quantitative estimate of drug-likeness (QED) is 0.404. The van der Waals surface area contributed by atoms with E-state index >= 15 is 0 Å². The maximum Gasteiger partial charge on any atom is 0.269 e. The minimum Gasteiger partial charge on any atom is -0.493 e. The molecular weight excluding hydrogens is 408 g/mol. The number of nitro benzene ring substituents is 1. The molecule has 11 nitrogen and oxygen atoms in total. The van der Waals surface area contributed by atoms with Gasteiger partial charge in [0.2, 0.25) is 5.91 Å². The molecular formula is C20H22N4O7. The first kappa shape index (κ1) is 23.1. The van der Waals surface area contributed by atoms with Gasteiger partial charge in [-0.2, -0.15) is 0 Å². The summed E-state index contributed by atoms with van der Waals surface area (Å²) in [6, 6.07) is 9.67. The first-order chi connectivity index (χ1) is 14.8. The minimum absolute atomic E-state index is 0.00833. The van der Waals surface area contributed by atoms with Crippen molar-refractivity contribution in [2.45, 2.75) is 13.3 Å². The highest BCUT2D eigenvalue weighted by Crippen LogP contribution is 2.27. The van der Waals surface area contributed by atoms with Crippen LogP contribution < -0.4 is 25.6 Å². The Hall–Kier alpha value is -4.15. The fraction of sp³-hybridized carbons (Fsp3) is 0.250. The van der Waals surface area contributed by atoms with Gasteiger partial charge >= 0.3 is 0 Å². The van der Waals surface area contributed by atoms with Crippen molar-refractivity contribution in [1.82, 2.24) is 16.2 Å². The van der Waals surface area contributed by atoms with E-state index < -0.39 is 22.6 Å². The SMILES string of the molecule is CCOc1ccc(C(=O)NNC(=O)CCNC(=O)c2ccc([N+](=O)[O-])cc2)cc1OC. The predicted octanol–water partition coefficient (Wildman–Crippen LogP) is 1.58. The number of carbonyl (C=O) groups is 3. The number of hydrazine groups is 1. The lowest BCUT2D eigenvalue weighted by atomic mass is 10.2. The largest absolute Gasteiger partial charge is 0.493 e. The Kier molecular flexibility index (Phi) is 8.31. The molecule has 0 saturated carbocycles. The van der Waals surface area contributed by atoms with Crippen LogP contribution in [0, 0.1) is 10.1 Å². The number of rotatable bonds is 9. The summed E-state index contributed by atoms with van der Waals surface area (Å²) in [5.74, 6) is -0.669. The van der Waals surface area contributed by atoms with Crippen LogP contribution in [0.25, 0.3) is 0 Å². The van der Waals surface area contributed by atoms with Crippen molar-refractivity contribution in [1.29, 1.82) is 0 Å². The number of hydrogen-bond acceptors (Lipinski definition) is 7. The Morgan fingerprint density at radius 1 is 0.968 bits per heavy atom. The van der Waals surface area contributed by atoms with Crippen molar-refractivity contribution in [3.05, 3.63) is 63.7 Å². The second-order valence-corrected chi connectivity index (χ2v) is 6.11. The molecule has 164 valence electrons. The smallest absolute Gasteiger partial charge is 0.269 e. The molecule has 0 unspecified atom stereocenters. The van der Waals surface area contributed by atoms with Gasteiger partial charge in [0, 0.05) is 36.2 Å². The number of nitrogens with zero attached hydrogens (tertiary/aromatic N) is 1. The fourth-order valence-corrected chi connectivity index (χ4v) is 2.47. The number of ether oxygens (including phenoxy) is 2. The summed E-state index contributed by atoms with van der Waals surface area (Å²) in [6.07, 6.45) is -0.0917. The van der Waals surface area contributed by atoms with Gasteiger partial charge in [-0.05, 0) is 37.3 Å². The van der Waals surface area contributed by atoms with Crippen LogP contribution in [0.1, 0.15) is 34.1 Å². The molecule has 2 aromatic rings. The number of nitrogens with one attached hydrogen (secondary N) is 3. The van der Waals surface area contributed by atoms with Crippen LogP contribution in [0.5, 0.6) is 11.5 Å². The average Bonchev–Trinajstić information content (AvgIpc) is 2.77. The van der Waals surface area contributed by atoms with Crippen molar-refractivity contribution in [3.63, 3.8) is 0 Å². The number of methoxy groups -OCH3 is 1. The van der Waals surface area contributed by atoms with E-state index in [9.17, 15) is 24.5 Å². The third kappa shape index (κ3) is 6.70. The Bertz CT molecular complexity index is 961. The average molecular weight is 430 g/mol. The number of amides is 3. The van der Waals surface area contributed by atoms with Gasteiger partial charge in [-0.3, -0.25) is 35.3 Å². The van der Waals surface area contributed by atoms with Crippen molar-refractivity contribution >= 4 is 23.4 Å². The standard InChI is InChI=1S/C20H22N4O7/c1-3-31-16-9-6-14(12-17(16)30-2)20(27)23-22-18(25)10-11-21-19(26)13-4-7-15(8-5-13)24(28)29/h4-9,12H,3,10-11H2,1-2H3,(H,21,26)(H,22,25)(H,23,27). The van der Waals surface area contributed by atoms with E-state index in [1.54, 1.807) is 6.07 Å². The Morgan fingerprint density at radius 2 is 1.65 bits per heavy atom. The number of non-ortho nitro benzene ring substituents is 1. The molecule has 0 radical (unpaired) electrons. The van der Waals surface area contributed by atoms with Crippen LogP contribution >= 0.6 is 0 Å². The second-order valence-electron chi connectivity index (χ2n) is 6.11. The summed E-state index contributed by atoms with van der Waals surface area (Å²) in [4.78, 5) is 46.1. The van der Waals surface area contributed by atoms with Crippen molar-refractivity contribution in [3.8, 4) is 11.5 Å². The summed E-state index contributed by atoms with van der Waals surface area (Å²) >= 11 is 0. The molecule has 0 heterocycles. The molecule has 2 rings (SSSR count). The second kappa shape index (κ2) is 11.1. The van der Waals surface area contributed by atoms with Crippen LogP contribution in [0.3, 0.4) is 0 Å². The van der Waals surface area contributed by atoms with E-state index in [1.807, 2.05) is 6.92 Å². The summed E-state index contributed by atoms with van der Waals surface area (Å²) < 4.78 is 10.6. The molecule has 0 aliphatic carbocycles. The van der Waals surface area contributed by atoms with Crippen LogP contribution in [0.15, 0.2) is 42.5 Å². The van der Waals surface area contributed by atoms with Gasteiger partial charge in [0.1, 0.15) is 0 Å². The zero-order valence-electron chi connectivity index (χ0n) is 17.0. The van der Waals surface area contributed by atoms with Crippen molar-refractivity contribution in [2.75, 3.05) is 20.3 Å². The highest BCUT2D eigenvalue weighted by atomic mass is 16.6. The fourth-order valence-electron chi connectivity index (χ4n) is 2.47. The zero-order chi connectivity index (χ0) is 22.8. The molecule has 0 aliphatic rings. The van der Waals surface area contributed by atoms with Gasteiger partial charge in [-0.15, -0.1) is 0 Å². The van der Waals surface area contributed by atoms with Crippen LogP contribution in [0.4, 0.5) is 5.69 Å². The number of hydrogen-bond donors (Lipinski definition) is 3. The minimum atomic E-state index is -0.566. The summed E-state index contributed by atoms with van der Waals surface area (Å²) in [7, 11) is 1.45. The Balaban J connectivity index is 1.78. The van der Waals surface area contributed by atoms with E-state index in [0.29, 0.717) is 18.1 Å². The third-order valence-electron chi connectivity index (χ3n) is 4.02. The molecule has 31 heavy (non-hydrogen) atoms. The van der Waals surface area contributed by atoms with Gasteiger partial charge in [0.25, 0.3) is 17.5 Å². The summed E-state index contributed by atoms with van der Waals surface area (Å²) in [5, 5.41) is 13.1. The highest BCUT2D eigenvalue weighted by molar-refractivity contribution is 5.96. The van der Waals surface area contributed by atoms with E-state index in [2.05, 4.69) is 16.2 Å². The highest BCUT2D eigenvalue weighted by Gasteiger charge is 2.13. The number of carbonyl (C=O) groups excluding carboxylic acids is 3. The molecule has 3 amide bonds. The maximum atomic E-state index is 12.2. The Labute approximate surface area is 177 Å². The van der Waals surface area contributed by atoms with E-state index in [0.717, 1.165) is 0 Å². The van der Waals surface area contributed by atoms with Gasteiger partial charge in [0.15, 0.2) is 11.5 Å². The van der Waals surface area contributed by atoms with Gasteiger partial charge < -0.3 is 14.8 Å². The topological polar surface area (TPSA) is 149 Å². The first-order valence-electron chi connectivity index (χ1n) is 9.28. The first-order valence-corrected chi connectivity index (χ1v) is 9.28. The molecule has 0 aromatic heterocycles. The maximum absolute atomic E-state index is 12.2. The monoisotopic (exact) mass is 430 g/mol. The molecule has 3 N–H and O–H groups in total. The molecule has 0 fully saturated rings.